The summed E-state index contributed by atoms with van der Waals surface area (Å²) in [6.07, 6.45) is 2.44. The van der Waals surface area contributed by atoms with Crippen molar-refractivity contribution in [3.8, 4) is 0 Å². The van der Waals surface area contributed by atoms with Gasteiger partial charge >= 0.3 is 0 Å². The van der Waals surface area contributed by atoms with Gasteiger partial charge in [0, 0.05) is 23.5 Å². The van der Waals surface area contributed by atoms with E-state index in [9.17, 15) is 4.79 Å². The Morgan fingerprint density at radius 1 is 0.939 bits per heavy atom. The molecule has 5 heteroatoms. The van der Waals surface area contributed by atoms with Gasteiger partial charge in [-0.15, -0.1) is 23.2 Å². The number of halogens is 2. The van der Waals surface area contributed by atoms with Gasteiger partial charge < -0.3 is 0 Å². The van der Waals surface area contributed by atoms with E-state index in [1.165, 1.54) is 22.3 Å². The van der Waals surface area contributed by atoms with Crippen LogP contribution in [-0.4, -0.2) is 16.5 Å². The van der Waals surface area contributed by atoms with Crippen LogP contribution in [0.1, 0.15) is 40.2 Å². The summed E-state index contributed by atoms with van der Waals surface area (Å²) in [6.45, 7) is 4.16. The molecule has 0 aromatic heterocycles. The number of carbonyl (C=O) groups is 1. The van der Waals surface area contributed by atoms with Gasteiger partial charge in [-0.3, -0.25) is 4.79 Å². The van der Waals surface area contributed by atoms with E-state index in [4.69, 9.17) is 23.2 Å². The largest absolute Gasteiger partial charge is 0.273 e. The molecule has 5 rings (SSSR count). The third-order valence-corrected chi connectivity index (χ3v) is 8.00. The maximum Gasteiger partial charge on any atom is 0.244 e. The van der Waals surface area contributed by atoms with Crippen LogP contribution < -0.4 is 5.43 Å². The molecule has 33 heavy (non-hydrogen) atoms. The Morgan fingerprint density at radius 2 is 1.55 bits per heavy atom. The van der Waals surface area contributed by atoms with E-state index in [1.807, 2.05) is 30.3 Å². The van der Waals surface area contributed by atoms with Crippen LogP contribution in [0, 0.1) is 25.7 Å². The number of carbonyl (C=O) groups excluding carboxylic acids is 1. The van der Waals surface area contributed by atoms with Crippen LogP contribution in [0.15, 0.2) is 84.0 Å². The summed E-state index contributed by atoms with van der Waals surface area (Å²) >= 11 is 13.0. The number of rotatable bonds is 6. The molecule has 0 radical (unpaired) electrons. The van der Waals surface area contributed by atoms with Crippen LogP contribution in [0.4, 0.5) is 0 Å². The van der Waals surface area contributed by atoms with Crippen LogP contribution in [0.3, 0.4) is 0 Å². The summed E-state index contributed by atoms with van der Waals surface area (Å²) < 4.78 is -0.901. The molecular formula is C28H26Cl2N2O. The Labute approximate surface area is 204 Å². The SMILES string of the molecule is Cc1cccc(C2(c3cccc(C)c3)CC2C(=O)N/N=C/C2C(c3ccccc3)C2(Cl)Cl)c1. The predicted octanol–water partition coefficient (Wildman–Crippen LogP) is 6.30. The first-order chi connectivity index (χ1) is 15.8. The zero-order chi connectivity index (χ0) is 23.2. The van der Waals surface area contributed by atoms with E-state index in [0.29, 0.717) is 0 Å². The molecule has 2 saturated carbocycles. The van der Waals surface area contributed by atoms with Crippen molar-refractivity contribution < 1.29 is 4.79 Å². The first-order valence-electron chi connectivity index (χ1n) is 11.2. The van der Waals surface area contributed by atoms with Crippen molar-refractivity contribution in [2.45, 2.75) is 35.9 Å². The van der Waals surface area contributed by atoms with Crippen LogP contribution in [0.2, 0.25) is 0 Å². The number of hydrogen-bond donors (Lipinski definition) is 1. The summed E-state index contributed by atoms with van der Waals surface area (Å²) in [5, 5.41) is 4.26. The van der Waals surface area contributed by atoms with E-state index in [-0.39, 0.29) is 29.1 Å². The van der Waals surface area contributed by atoms with Crippen molar-refractivity contribution in [3.05, 3.63) is 107 Å². The highest BCUT2D eigenvalue weighted by Crippen LogP contribution is 2.64. The van der Waals surface area contributed by atoms with Crippen LogP contribution in [0.25, 0.3) is 0 Å². The Morgan fingerprint density at radius 3 is 2.12 bits per heavy atom. The predicted molar refractivity (Wildman–Crippen MR) is 135 cm³/mol. The summed E-state index contributed by atoms with van der Waals surface area (Å²) in [5.41, 5.74) is 8.22. The molecule has 2 fully saturated rings. The molecule has 1 N–H and O–H groups in total. The van der Waals surface area contributed by atoms with Crippen molar-refractivity contribution in [3.63, 3.8) is 0 Å². The molecule has 0 heterocycles. The van der Waals surface area contributed by atoms with Gasteiger partial charge in [0.1, 0.15) is 4.33 Å². The van der Waals surface area contributed by atoms with E-state index in [2.05, 4.69) is 72.9 Å². The molecule has 3 atom stereocenters. The average molecular weight is 477 g/mol. The van der Waals surface area contributed by atoms with E-state index in [1.54, 1.807) is 6.21 Å². The third kappa shape index (κ3) is 3.98. The van der Waals surface area contributed by atoms with Crippen molar-refractivity contribution in [1.82, 2.24) is 5.43 Å². The van der Waals surface area contributed by atoms with Crippen molar-refractivity contribution in [2.75, 3.05) is 0 Å². The fourth-order valence-electron chi connectivity index (χ4n) is 5.11. The highest BCUT2D eigenvalue weighted by molar-refractivity contribution is 6.53. The van der Waals surface area contributed by atoms with Gasteiger partial charge in [0.05, 0.1) is 5.92 Å². The van der Waals surface area contributed by atoms with E-state index < -0.39 is 4.33 Å². The van der Waals surface area contributed by atoms with Crippen molar-refractivity contribution >= 4 is 35.3 Å². The summed E-state index contributed by atoms with van der Waals surface area (Å²) in [5.74, 6) is -0.427. The molecular weight excluding hydrogens is 451 g/mol. The smallest absolute Gasteiger partial charge is 0.244 e. The number of hydrogen-bond acceptors (Lipinski definition) is 2. The highest BCUT2D eigenvalue weighted by Gasteiger charge is 2.63. The Kier molecular flexibility index (Phi) is 5.58. The summed E-state index contributed by atoms with van der Waals surface area (Å²) in [6, 6.07) is 26.8. The van der Waals surface area contributed by atoms with Crippen LogP contribution in [-0.2, 0) is 10.2 Å². The number of amides is 1. The normalized spacial score (nSPS) is 24.4. The van der Waals surface area contributed by atoms with Crippen molar-refractivity contribution in [2.24, 2.45) is 16.9 Å². The van der Waals surface area contributed by atoms with Gasteiger partial charge in [0.15, 0.2) is 0 Å². The molecule has 3 aromatic rings. The highest BCUT2D eigenvalue weighted by atomic mass is 35.5. The lowest BCUT2D eigenvalue weighted by Crippen LogP contribution is -2.25. The Balaban J connectivity index is 1.34. The minimum absolute atomic E-state index is 0.0257. The zero-order valence-corrected chi connectivity index (χ0v) is 20.1. The fourth-order valence-corrected chi connectivity index (χ4v) is 5.88. The molecule has 3 nitrogen and oxygen atoms in total. The molecule has 0 saturated heterocycles. The fraction of sp³-hybridized carbons (Fsp3) is 0.286. The standard InChI is InChI=1S/C28H26Cl2N2O/c1-18-8-6-12-21(14-18)27(22-13-7-9-19(2)15-22)16-23(27)26(33)32-31-17-24-25(28(24,29)30)20-10-4-3-5-11-20/h3-15,17,23-25H,16H2,1-2H3,(H,32,33)/b31-17+. The minimum Gasteiger partial charge on any atom is -0.273 e. The topological polar surface area (TPSA) is 41.5 Å². The summed E-state index contributed by atoms with van der Waals surface area (Å²) in [7, 11) is 0. The number of aryl methyl sites for hydroxylation is 2. The second kappa shape index (κ2) is 8.30. The lowest BCUT2D eigenvalue weighted by atomic mass is 9.84. The quantitative estimate of drug-likeness (QED) is 0.253. The van der Waals surface area contributed by atoms with Gasteiger partial charge in [-0.25, -0.2) is 5.43 Å². The van der Waals surface area contributed by atoms with E-state index >= 15 is 0 Å². The monoisotopic (exact) mass is 476 g/mol. The van der Waals surface area contributed by atoms with Crippen molar-refractivity contribution in [1.29, 1.82) is 0 Å². The van der Waals surface area contributed by atoms with Gasteiger partial charge in [-0.2, -0.15) is 5.10 Å². The first-order valence-corrected chi connectivity index (χ1v) is 12.0. The Hall–Kier alpha value is -2.62. The molecule has 168 valence electrons. The van der Waals surface area contributed by atoms with Gasteiger partial charge in [-0.1, -0.05) is 90.0 Å². The average Bonchev–Trinajstić information content (AvgIpc) is 3.67. The molecule has 0 aliphatic heterocycles. The number of nitrogens with one attached hydrogen (secondary N) is 1. The molecule has 0 spiro atoms. The van der Waals surface area contributed by atoms with Gasteiger partial charge in [0.25, 0.3) is 0 Å². The maximum absolute atomic E-state index is 13.2. The molecule has 3 unspecified atom stereocenters. The second-order valence-corrected chi connectivity index (χ2v) is 10.8. The zero-order valence-electron chi connectivity index (χ0n) is 18.6. The lowest BCUT2D eigenvalue weighted by Gasteiger charge is -2.19. The number of alkyl halides is 2. The molecule has 0 bridgehead atoms. The second-order valence-electron chi connectivity index (χ2n) is 9.31. The summed E-state index contributed by atoms with van der Waals surface area (Å²) in [4.78, 5) is 13.2. The molecule has 1 amide bonds. The number of hydrazone groups is 1. The molecule has 2 aliphatic rings. The lowest BCUT2D eigenvalue weighted by molar-refractivity contribution is -0.122. The number of nitrogens with zero attached hydrogens (tertiary/aromatic N) is 1. The van der Waals surface area contributed by atoms with Crippen LogP contribution in [0.5, 0.6) is 0 Å². The minimum atomic E-state index is -0.901. The molecule has 2 aliphatic carbocycles. The molecule has 3 aromatic carbocycles. The third-order valence-electron chi connectivity index (χ3n) is 7.02. The number of benzene rings is 3. The maximum atomic E-state index is 13.2. The Bertz CT molecular complexity index is 1180. The first kappa shape index (κ1) is 22.2. The van der Waals surface area contributed by atoms with Gasteiger partial charge in [-0.05, 0) is 37.0 Å². The van der Waals surface area contributed by atoms with E-state index in [0.717, 1.165) is 12.0 Å². The van der Waals surface area contributed by atoms with Crippen LogP contribution >= 0.6 is 23.2 Å². The van der Waals surface area contributed by atoms with Gasteiger partial charge in [0.2, 0.25) is 5.91 Å².